The minimum absolute atomic E-state index is 0.0323. The molecule has 0 aromatic carbocycles. The van der Waals surface area contributed by atoms with Gasteiger partial charge >= 0.3 is 6.09 Å². The molecule has 0 heterocycles. The van der Waals surface area contributed by atoms with Crippen LogP contribution in [0.3, 0.4) is 0 Å². The molecule has 100 valence electrons. The number of hydrogen-bond donors (Lipinski definition) is 1. The lowest BCUT2D eigenvalue weighted by molar-refractivity contribution is -0.168. The highest BCUT2D eigenvalue weighted by Gasteiger charge is 2.07. The van der Waals surface area contributed by atoms with Gasteiger partial charge in [-0.15, -0.1) is 0 Å². The maximum absolute atomic E-state index is 11.3. The highest BCUT2D eigenvalue weighted by atomic mass is 16.7. The molecule has 0 bridgehead atoms. The molecule has 2 amide bonds. The Morgan fingerprint density at radius 3 is 2.24 bits per heavy atom. The maximum atomic E-state index is 11.3. The summed E-state index contributed by atoms with van der Waals surface area (Å²) in [6, 6.07) is 0. The number of carbonyl (C=O) groups excluding carboxylic acids is 1. The van der Waals surface area contributed by atoms with E-state index >= 15 is 0 Å². The van der Waals surface area contributed by atoms with Crippen molar-refractivity contribution in [3.63, 3.8) is 0 Å². The van der Waals surface area contributed by atoms with Crippen LogP contribution < -0.4 is 0 Å². The smallest absolute Gasteiger partial charge is 0.407 e. The summed E-state index contributed by atoms with van der Waals surface area (Å²) >= 11 is 0. The first-order valence-corrected chi connectivity index (χ1v) is 5.73. The molecular weight excluding hydrogens is 224 g/mol. The van der Waals surface area contributed by atoms with Gasteiger partial charge in [0.05, 0.1) is 7.11 Å². The fourth-order valence-electron chi connectivity index (χ4n) is 1.33. The molecule has 0 aliphatic rings. The Hall–Kier alpha value is -1.30. The number of amides is 2. The SMILES string of the molecule is CON(C)C(=O)CCCCCCN(C)C(=O)O. The van der Waals surface area contributed by atoms with Gasteiger partial charge in [-0.2, -0.15) is 0 Å². The van der Waals surface area contributed by atoms with Crippen LogP contribution in [0.4, 0.5) is 4.79 Å². The van der Waals surface area contributed by atoms with Gasteiger partial charge < -0.3 is 10.0 Å². The standard InChI is InChI=1S/C11H22N2O4/c1-12(11(15)16)9-7-5-4-6-8-10(14)13(2)17-3/h4-9H2,1-3H3,(H,15,16). The van der Waals surface area contributed by atoms with E-state index in [1.807, 2.05) is 0 Å². The molecule has 0 atom stereocenters. The number of carboxylic acid groups (broad SMARTS) is 1. The molecule has 0 aliphatic carbocycles. The van der Waals surface area contributed by atoms with E-state index in [1.165, 1.54) is 17.1 Å². The quantitative estimate of drug-likeness (QED) is 0.521. The number of hydroxylamine groups is 2. The topological polar surface area (TPSA) is 70.1 Å². The second kappa shape index (κ2) is 8.81. The summed E-state index contributed by atoms with van der Waals surface area (Å²) in [5, 5.41) is 9.83. The first-order valence-electron chi connectivity index (χ1n) is 5.73. The number of rotatable bonds is 8. The average Bonchev–Trinajstić information content (AvgIpc) is 2.31. The molecular formula is C11H22N2O4. The summed E-state index contributed by atoms with van der Waals surface area (Å²) in [6.45, 7) is 0.543. The van der Waals surface area contributed by atoms with Crippen LogP contribution >= 0.6 is 0 Å². The van der Waals surface area contributed by atoms with Crippen LogP contribution in [0, 0.1) is 0 Å². The molecule has 0 rings (SSSR count). The minimum atomic E-state index is -0.901. The van der Waals surface area contributed by atoms with Crippen LogP contribution in [0.15, 0.2) is 0 Å². The van der Waals surface area contributed by atoms with Crippen molar-refractivity contribution in [3.05, 3.63) is 0 Å². The van der Waals surface area contributed by atoms with Crippen molar-refractivity contribution in [3.8, 4) is 0 Å². The maximum Gasteiger partial charge on any atom is 0.407 e. The largest absolute Gasteiger partial charge is 0.465 e. The Labute approximate surface area is 102 Å². The van der Waals surface area contributed by atoms with Gasteiger partial charge in [-0.3, -0.25) is 9.63 Å². The van der Waals surface area contributed by atoms with Gasteiger partial charge in [-0.05, 0) is 12.8 Å². The molecule has 0 unspecified atom stereocenters. The molecule has 0 aliphatic heterocycles. The Bertz CT molecular complexity index is 246. The van der Waals surface area contributed by atoms with Crippen LogP contribution in [0.2, 0.25) is 0 Å². The fourth-order valence-corrected chi connectivity index (χ4v) is 1.33. The predicted molar refractivity (Wildman–Crippen MR) is 63.5 cm³/mol. The van der Waals surface area contributed by atoms with Crippen LogP contribution in [0.5, 0.6) is 0 Å². The molecule has 0 fully saturated rings. The predicted octanol–water partition coefficient (Wildman–Crippen LogP) is 1.57. The average molecular weight is 246 g/mol. The van der Waals surface area contributed by atoms with Crippen LogP contribution in [-0.4, -0.2) is 54.8 Å². The zero-order valence-electron chi connectivity index (χ0n) is 10.8. The highest BCUT2D eigenvalue weighted by molar-refractivity contribution is 5.74. The van der Waals surface area contributed by atoms with Crippen molar-refractivity contribution >= 4 is 12.0 Å². The van der Waals surface area contributed by atoms with E-state index in [9.17, 15) is 9.59 Å². The molecule has 6 heteroatoms. The Kier molecular flexibility index (Phi) is 8.13. The van der Waals surface area contributed by atoms with Gasteiger partial charge in [0.2, 0.25) is 5.91 Å². The summed E-state index contributed by atoms with van der Waals surface area (Å²) in [4.78, 5) is 27.8. The summed E-state index contributed by atoms with van der Waals surface area (Å²) < 4.78 is 0. The zero-order chi connectivity index (χ0) is 13.3. The lowest BCUT2D eigenvalue weighted by Gasteiger charge is -2.13. The lowest BCUT2D eigenvalue weighted by Crippen LogP contribution is -2.25. The third kappa shape index (κ3) is 7.57. The van der Waals surface area contributed by atoms with Gasteiger partial charge in [0.25, 0.3) is 0 Å². The third-order valence-corrected chi connectivity index (χ3v) is 2.59. The Balaban J connectivity index is 3.41. The van der Waals surface area contributed by atoms with Crippen molar-refractivity contribution in [1.29, 1.82) is 0 Å². The van der Waals surface area contributed by atoms with E-state index in [0.29, 0.717) is 13.0 Å². The Morgan fingerprint density at radius 1 is 1.12 bits per heavy atom. The summed E-state index contributed by atoms with van der Waals surface area (Å²) in [5.74, 6) is -0.0323. The lowest BCUT2D eigenvalue weighted by atomic mass is 10.1. The monoisotopic (exact) mass is 246 g/mol. The van der Waals surface area contributed by atoms with Crippen molar-refractivity contribution in [1.82, 2.24) is 9.96 Å². The molecule has 0 saturated carbocycles. The van der Waals surface area contributed by atoms with E-state index in [4.69, 9.17) is 9.94 Å². The summed E-state index contributed by atoms with van der Waals surface area (Å²) in [5.41, 5.74) is 0. The van der Waals surface area contributed by atoms with Crippen molar-refractivity contribution in [2.24, 2.45) is 0 Å². The molecule has 0 saturated heterocycles. The Morgan fingerprint density at radius 2 is 1.71 bits per heavy atom. The summed E-state index contributed by atoms with van der Waals surface area (Å²) in [6.07, 6.45) is 3.07. The second-order valence-electron chi connectivity index (χ2n) is 3.94. The molecule has 0 radical (unpaired) electrons. The number of carbonyl (C=O) groups is 2. The van der Waals surface area contributed by atoms with Crippen LogP contribution in [0.1, 0.15) is 32.1 Å². The van der Waals surface area contributed by atoms with Gasteiger partial charge in [0.1, 0.15) is 0 Å². The first kappa shape index (κ1) is 15.7. The van der Waals surface area contributed by atoms with Gasteiger partial charge in [0.15, 0.2) is 0 Å². The van der Waals surface area contributed by atoms with E-state index in [-0.39, 0.29) is 5.91 Å². The fraction of sp³-hybridized carbons (Fsp3) is 0.818. The molecule has 6 nitrogen and oxygen atoms in total. The van der Waals surface area contributed by atoms with Crippen LogP contribution in [-0.2, 0) is 9.63 Å². The minimum Gasteiger partial charge on any atom is -0.465 e. The normalized spacial score (nSPS) is 10.1. The van der Waals surface area contributed by atoms with E-state index in [1.54, 1.807) is 14.1 Å². The molecule has 0 spiro atoms. The second-order valence-corrected chi connectivity index (χ2v) is 3.94. The number of unbranched alkanes of at least 4 members (excludes halogenated alkanes) is 3. The molecule has 1 N–H and O–H groups in total. The first-order chi connectivity index (χ1) is 7.99. The van der Waals surface area contributed by atoms with Crippen LogP contribution in [0.25, 0.3) is 0 Å². The van der Waals surface area contributed by atoms with E-state index in [0.717, 1.165) is 25.7 Å². The van der Waals surface area contributed by atoms with Crippen molar-refractivity contribution < 1.29 is 19.5 Å². The number of nitrogens with zero attached hydrogens (tertiary/aromatic N) is 2. The van der Waals surface area contributed by atoms with E-state index < -0.39 is 6.09 Å². The third-order valence-electron chi connectivity index (χ3n) is 2.59. The molecule has 0 aromatic rings. The molecule has 0 aromatic heterocycles. The highest BCUT2D eigenvalue weighted by Crippen LogP contribution is 2.05. The summed E-state index contributed by atoms with van der Waals surface area (Å²) in [7, 11) is 4.60. The van der Waals surface area contributed by atoms with E-state index in [2.05, 4.69) is 0 Å². The molecule has 17 heavy (non-hydrogen) atoms. The number of hydrogen-bond acceptors (Lipinski definition) is 3. The van der Waals surface area contributed by atoms with Crippen molar-refractivity contribution in [2.45, 2.75) is 32.1 Å². The van der Waals surface area contributed by atoms with Gasteiger partial charge in [-0.1, -0.05) is 12.8 Å². The van der Waals surface area contributed by atoms with Crippen molar-refractivity contribution in [2.75, 3.05) is 27.7 Å². The van der Waals surface area contributed by atoms with Gasteiger partial charge in [-0.25, -0.2) is 9.86 Å². The van der Waals surface area contributed by atoms with Gasteiger partial charge in [0, 0.05) is 27.1 Å². The zero-order valence-corrected chi connectivity index (χ0v) is 10.8.